The summed E-state index contributed by atoms with van der Waals surface area (Å²) in [5.74, 6) is 0.589. The van der Waals surface area contributed by atoms with Crippen LogP contribution in [0.15, 0.2) is 60.2 Å². The Morgan fingerprint density at radius 3 is 2.89 bits per heavy atom. The van der Waals surface area contributed by atoms with E-state index in [2.05, 4.69) is 26.8 Å². The molecular weight excluding hydrogens is 354 g/mol. The molecule has 4 rings (SSSR count). The molecule has 1 amide bonds. The molecule has 0 saturated carbocycles. The molecule has 0 spiro atoms. The number of hydrogen-bond acceptors (Lipinski definition) is 5. The summed E-state index contributed by atoms with van der Waals surface area (Å²) in [6, 6.07) is 11.4. The zero-order valence-electron chi connectivity index (χ0n) is 15.4. The summed E-state index contributed by atoms with van der Waals surface area (Å²) < 4.78 is 0. The molecule has 0 bridgehead atoms. The van der Waals surface area contributed by atoms with Crippen LogP contribution in [0.4, 0.5) is 5.82 Å². The third-order valence-corrected chi connectivity index (χ3v) is 4.98. The zero-order chi connectivity index (χ0) is 19.5. The molecule has 28 heavy (non-hydrogen) atoms. The largest absolute Gasteiger partial charge is 0.365 e. The molecule has 2 N–H and O–H groups in total. The average molecular weight is 375 g/mol. The van der Waals surface area contributed by atoms with Crippen LogP contribution in [0.25, 0.3) is 22.2 Å². The van der Waals surface area contributed by atoms with Crippen molar-refractivity contribution >= 4 is 22.8 Å². The Balaban J connectivity index is 1.68. The van der Waals surface area contributed by atoms with E-state index in [1.807, 2.05) is 36.4 Å². The number of nitrogens with zero attached hydrogens (tertiary/aromatic N) is 3. The van der Waals surface area contributed by atoms with Crippen LogP contribution in [0.3, 0.4) is 0 Å². The molecule has 7 heteroatoms. The zero-order valence-corrected chi connectivity index (χ0v) is 15.4. The number of anilines is 1. The van der Waals surface area contributed by atoms with Gasteiger partial charge in [-0.25, -0.2) is 9.97 Å². The number of H-pyrrole nitrogens is 1. The van der Waals surface area contributed by atoms with E-state index in [4.69, 9.17) is 0 Å². The van der Waals surface area contributed by atoms with E-state index in [0.717, 1.165) is 30.3 Å². The monoisotopic (exact) mass is 375 g/mol. The van der Waals surface area contributed by atoms with Gasteiger partial charge in [0.05, 0.1) is 5.39 Å². The number of likely N-dealkylation sites (tertiary alicyclic amines) is 1. The minimum atomic E-state index is -0.191. The van der Waals surface area contributed by atoms with Gasteiger partial charge in [-0.1, -0.05) is 36.9 Å². The number of aromatic nitrogens is 3. The van der Waals surface area contributed by atoms with Crippen molar-refractivity contribution < 1.29 is 4.79 Å². The summed E-state index contributed by atoms with van der Waals surface area (Å²) in [4.78, 5) is 37.6. The quantitative estimate of drug-likeness (QED) is 0.684. The summed E-state index contributed by atoms with van der Waals surface area (Å²) in [6.07, 6.45) is 4.62. The number of nitrogens with one attached hydrogen (secondary N) is 2. The first-order chi connectivity index (χ1) is 13.7. The highest BCUT2D eigenvalue weighted by Crippen LogP contribution is 2.24. The molecule has 3 heterocycles. The van der Waals surface area contributed by atoms with Crippen LogP contribution in [0, 0.1) is 0 Å². The lowest BCUT2D eigenvalue weighted by Crippen LogP contribution is -2.44. The molecule has 1 aromatic carbocycles. The number of piperidine rings is 1. The number of pyridine rings is 1. The van der Waals surface area contributed by atoms with Gasteiger partial charge >= 0.3 is 0 Å². The van der Waals surface area contributed by atoms with E-state index in [0.29, 0.717) is 23.6 Å². The van der Waals surface area contributed by atoms with Gasteiger partial charge in [-0.3, -0.25) is 9.59 Å². The molecule has 1 unspecified atom stereocenters. The average Bonchev–Trinajstić information content (AvgIpc) is 2.73. The number of carbonyl (C=O) groups excluding carboxylic acids is 1. The molecule has 142 valence electrons. The second-order valence-corrected chi connectivity index (χ2v) is 6.83. The highest BCUT2D eigenvalue weighted by atomic mass is 16.2. The predicted octanol–water partition coefficient (Wildman–Crippen LogP) is 2.57. The van der Waals surface area contributed by atoms with E-state index in [1.54, 1.807) is 4.90 Å². The Hall–Kier alpha value is -3.48. The van der Waals surface area contributed by atoms with Crippen molar-refractivity contribution in [2.24, 2.45) is 0 Å². The highest BCUT2D eigenvalue weighted by Gasteiger charge is 2.23. The molecule has 1 saturated heterocycles. The summed E-state index contributed by atoms with van der Waals surface area (Å²) in [5.41, 5.74) is 1.69. The van der Waals surface area contributed by atoms with Gasteiger partial charge in [-0.05, 0) is 30.5 Å². The molecular formula is C21H21N5O2. The van der Waals surface area contributed by atoms with Gasteiger partial charge in [0.2, 0.25) is 5.91 Å². The summed E-state index contributed by atoms with van der Waals surface area (Å²) in [5, 5.41) is 4.17. The fourth-order valence-corrected chi connectivity index (χ4v) is 3.58. The fourth-order valence-electron chi connectivity index (χ4n) is 3.58. The van der Waals surface area contributed by atoms with Gasteiger partial charge in [-0.15, -0.1) is 0 Å². The van der Waals surface area contributed by atoms with E-state index in [1.165, 1.54) is 12.4 Å². The third kappa shape index (κ3) is 3.51. The van der Waals surface area contributed by atoms with Crippen LogP contribution in [0.1, 0.15) is 12.8 Å². The maximum atomic E-state index is 12.5. The van der Waals surface area contributed by atoms with Crippen molar-refractivity contribution in [3.63, 3.8) is 0 Å². The predicted molar refractivity (Wildman–Crippen MR) is 109 cm³/mol. The summed E-state index contributed by atoms with van der Waals surface area (Å²) >= 11 is 0. The lowest BCUT2D eigenvalue weighted by atomic mass is 10.0. The maximum Gasteiger partial charge on any atom is 0.257 e. The van der Waals surface area contributed by atoms with Crippen molar-refractivity contribution in [1.82, 2.24) is 19.9 Å². The van der Waals surface area contributed by atoms with Crippen molar-refractivity contribution in [2.45, 2.75) is 18.9 Å². The van der Waals surface area contributed by atoms with Crippen molar-refractivity contribution in [3.05, 3.63) is 65.7 Å². The standard InChI is InChI=1S/C21H21N5O2/c1-2-18(27)26-10-6-9-15(12-26)24-19-17-11-16(14-7-4-3-5-8-14)21(28)25-20(17)23-13-22-19/h2-5,7-8,11,13,15H,1,6,9-10,12H2,(H2,22,23,24,25,28). The molecule has 0 aliphatic carbocycles. The van der Waals surface area contributed by atoms with Gasteiger partial charge in [-0.2, -0.15) is 0 Å². The van der Waals surface area contributed by atoms with E-state index < -0.39 is 0 Å². The van der Waals surface area contributed by atoms with Crippen LogP contribution < -0.4 is 10.9 Å². The smallest absolute Gasteiger partial charge is 0.257 e. The lowest BCUT2D eigenvalue weighted by molar-refractivity contribution is -0.127. The summed E-state index contributed by atoms with van der Waals surface area (Å²) in [7, 11) is 0. The molecule has 2 aromatic heterocycles. The van der Waals surface area contributed by atoms with Gasteiger partial charge in [0.25, 0.3) is 5.56 Å². The Kier molecular flexibility index (Phi) is 4.89. The second-order valence-electron chi connectivity index (χ2n) is 6.83. The fraction of sp³-hybridized carbons (Fsp3) is 0.238. The molecule has 1 fully saturated rings. The lowest BCUT2D eigenvalue weighted by Gasteiger charge is -2.33. The first kappa shape index (κ1) is 17.9. The van der Waals surface area contributed by atoms with Crippen molar-refractivity contribution in [2.75, 3.05) is 18.4 Å². The Bertz CT molecular complexity index is 1080. The molecule has 1 atom stereocenters. The number of hydrogen-bond donors (Lipinski definition) is 2. The number of benzene rings is 1. The van der Waals surface area contributed by atoms with Crippen LogP contribution in [-0.4, -0.2) is 44.9 Å². The van der Waals surface area contributed by atoms with Crippen molar-refractivity contribution in [1.29, 1.82) is 0 Å². The van der Waals surface area contributed by atoms with Gasteiger partial charge < -0.3 is 15.2 Å². The topological polar surface area (TPSA) is 91.0 Å². The minimum absolute atomic E-state index is 0.0604. The number of rotatable bonds is 4. The Labute approximate surface area is 162 Å². The third-order valence-electron chi connectivity index (χ3n) is 4.98. The molecule has 0 radical (unpaired) electrons. The molecule has 1 aliphatic heterocycles. The van der Waals surface area contributed by atoms with Crippen LogP contribution >= 0.6 is 0 Å². The highest BCUT2D eigenvalue weighted by molar-refractivity contribution is 5.90. The number of fused-ring (bicyclic) bond motifs is 1. The molecule has 1 aliphatic rings. The Morgan fingerprint density at radius 2 is 2.11 bits per heavy atom. The summed E-state index contributed by atoms with van der Waals surface area (Å²) in [6.45, 7) is 4.89. The van der Waals surface area contributed by atoms with E-state index in [9.17, 15) is 9.59 Å². The minimum Gasteiger partial charge on any atom is -0.365 e. The van der Waals surface area contributed by atoms with Crippen LogP contribution in [-0.2, 0) is 4.79 Å². The number of amides is 1. The number of carbonyl (C=O) groups is 1. The van der Waals surface area contributed by atoms with Crippen LogP contribution in [0.5, 0.6) is 0 Å². The van der Waals surface area contributed by atoms with E-state index in [-0.39, 0.29) is 17.5 Å². The van der Waals surface area contributed by atoms with Gasteiger partial charge in [0.1, 0.15) is 17.8 Å². The van der Waals surface area contributed by atoms with E-state index >= 15 is 0 Å². The first-order valence-electron chi connectivity index (χ1n) is 9.27. The van der Waals surface area contributed by atoms with Crippen LogP contribution in [0.2, 0.25) is 0 Å². The molecule has 7 nitrogen and oxygen atoms in total. The SMILES string of the molecule is C=CC(=O)N1CCCC(Nc2ncnc3[nH]c(=O)c(-c4ccccc4)cc23)C1. The normalized spacial score (nSPS) is 16.7. The van der Waals surface area contributed by atoms with Crippen molar-refractivity contribution in [3.8, 4) is 11.1 Å². The van der Waals surface area contributed by atoms with Gasteiger partial charge in [0.15, 0.2) is 0 Å². The Morgan fingerprint density at radius 1 is 1.29 bits per heavy atom. The molecule has 3 aromatic rings. The second kappa shape index (κ2) is 7.64. The first-order valence-corrected chi connectivity index (χ1v) is 9.27. The number of aromatic amines is 1. The maximum absolute atomic E-state index is 12.5. The van der Waals surface area contributed by atoms with Gasteiger partial charge in [0, 0.05) is 24.7 Å².